The number of hydrogen-bond donors (Lipinski definition) is 0. The third-order valence-corrected chi connectivity index (χ3v) is 4.94. The van der Waals surface area contributed by atoms with Crippen LogP contribution in [0.15, 0.2) is 66.0 Å². The predicted octanol–water partition coefficient (Wildman–Crippen LogP) is 5.14. The van der Waals surface area contributed by atoms with Crippen molar-refractivity contribution in [1.82, 2.24) is 19.6 Å². The minimum atomic E-state index is 0.497. The molecule has 27 heavy (non-hydrogen) atoms. The lowest BCUT2D eigenvalue weighted by molar-refractivity contribution is 0.306. The van der Waals surface area contributed by atoms with Gasteiger partial charge in [-0.15, -0.1) is 5.10 Å². The van der Waals surface area contributed by atoms with E-state index in [1.807, 2.05) is 54.6 Å². The van der Waals surface area contributed by atoms with Crippen molar-refractivity contribution in [3.05, 3.63) is 71.4 Å². The van der Waals surface area contributed by atoms with Crippen molar-refractivity contribution in [2.24, 2.45) is 0 Å². The summed E-state index contributed by atoms with van der Waals surface area (Å²) in [6.45, 7) is 2.57. The Hall–Kier alpha value is -2.57. The van der Waals surface area contributed by atoms with Gasteiger partial charge in [0.25, 0.3) is 5.78 Å². The van der Waals surface area contributed by atoms with Crippen LogP contribution in [0, 0.1) is 0 Å². The number of aromatic nitrogens is 4. The summed E-state index contributed by atoms with van der Waals surface area (Å²) >= 11 is 7.51. The lowest BCUT2D eigenvalue weighted by Crippen LogP contribution is -1.97. The Morgan fingerprint density at radius 3 is 2.56 bits per heavy atom. The van der Waals surface area contributed by atoms with Crippen LogP contribution in [0.5, 0.6) is 5.75 Å². The summed E-state index contributed by atoms with van der Waals surface area (Å²) in [6, 6.07) is 17.5. The summed E-state index contributed by atoms with van der Waals surface area (Å²) in [4.78, 5) is 8.74. The van der Waals surface area contributed by atoms with E-state index in [4.69, 9.17) is 16.3 Å². The minimum Gasteiger partial charge on any atom is -0.489 e. The molecule has 7 heteroatoms. The average molecular weight is 397 g/mol. The SMILES string of the molecule is CCSc1nc2nccc(-c3ccc(OCc4ccc(Cl)cc4)cc3)n2n1. The summed E-state index contributed by atoms with van der Waals surface area (Å²) in [7, 11) is 0. The molecule has 0 atom stereocenters. The van der Waals surface area contributed by atoms with E-state index < -0.39 is 0 Å². The third-order valence-electron chi connectivity index (χ3n) is 3.96. The van der Waals surface area contributed by atoms with E-state index in [2.05, 4.69) is 22.0 Å². The molecule has 4 aromatic rings. The highest BCUT2D eigenvalue weighted by molar-refractivity contribution is 7.99. The topological polar surface area (TPSA) is 52.3 Å². The molecule has 2 aromatic heterocycles. The number of fused-ring (bicyclic) bond motifs is 1. The molecular formula is C20H17ClN4OS. The molecule has 0 aliphatic rings. The van der Waals surface area contributed by atoms with Crippen LogP contribution in [-0.4, -0.2) is 25.3 Å². The molecule has 4 rings (SSSR count). The van der Waals surface area contributed by atoms with Crippen molar-refractivity contribution in [3.63, 3.8) is 0 Å². The molecule has 0 aliphatic heterocycles. The largest absolute Gasteiger partial charge is 0.489 e. The Kier molecular flexibility index (Phi) is 5.27. The van der Waals surface area contributed by atoms with E-state index in [1.54, 1.807) is 22.5 Å². The van der Waals surface area contributed by atoms with E-state index in [-0.39, 0.29) is 0 Å². The quantitative estimate of drug-likeness (QED) is 0.422. The molecule has 2 aromatic carbocycles. The van der Waals surface area contributed by atoms with Crippen LogP contribution in [-0.2, 0) is 6.61 Å². The van der Waals surface area contributed by atoms with E-state index in [1.165, 1.54) is 0 Å². The van der Waals surface area contributed by atoms with Gasteiger partial charge in [0.15, 0.2) is 0 Å². The summed E-state index contributed by atoms with van der Waals surface area (Å²) in [5, 5.41) is 6.01. The fourth-order valence-corrected chi connectivity index (χ4v) is 3.32. The first-order chi connectivity index (χ1) is 13.2. The van der Waals surface area contributed by atoms with Gasteiger partial charge in [0.2, 0.25) is 5.16 Å². The first-order valence-corrected chi connectivity index (χ1v) is 9.91. The molecule has 0 saturated carbocycles. The van der Waals surface area contributed by atoms with E-state index in [0.717, 1.165) is 38.5 Å². The highest BCUT2D eigenvalue weighted by Crippen LogP contribution is 2.24. The Morgan fingerprint density at radius 1 is 1.04 bits per heavy atom. The fraction of sp³-hybridized carbons (Fsp3) is 0.150. The summed E-state index contributed by atoms with van der Waals surface area (Å²) in [6.07, 6.45) is 1.75. The van der Waals surface area contributed by atoms with Crippen LogP contribution in [0.1, 0.15) is 12.5 Å². The van der Waals surface area contributed by atoms with Gasteiger partial charge in [-0.2, -0.15) is 9.50 Å². The van der Waals surface area contributed by atoms with Gasteiger partial charge in [-0.05, 0) is 53.8 Å². The Balaban J connectivity index is 1.53. The molecule has 136 valence electrons. The fourth-order valence-electron chi connectivity index (χ4n) is 2.65. The molecule has 0 radical (unpaired) electrons. The van der Waals surface area contributed by atoms with Gasteiger partial charge in [-0.1, -0.05) is 42.4 Å². The van der Waals surface area contributed by atoms with Crippen molar-refractivity contribution in [2.75, 3.05) is 5.75 Å². The van der Waals surface area contributed by atoms with Crippen LogP contribution in [0.25, 0.3) is 17.0 Å². The molecule has 0 amide bonds. The van der Waals surface area contributed by atoms with Gasteiger partial charge in [-0.25, -0.2) is 4.98 Å². The minimum absolute atomic E-state index is 0.497. The van der Waals surface area contributed by atoms with Crippen LogP contribution in [0.4, 0.5) is 0 Å². The van der Waals surface area contributed by atoms with Crippen LogP contribution in [0.2, 0.25) is 5.02 Å². The van der Waals surface area contributed by atoms with Crippen molar-refractivity contribution in [2.45, 2.75) is 18.7 Å². The molecule has 0 aliphatic carbocycles. The van der Waals surface area contributed by atoms with Gasteiger partial charge >= 0.3 is 0 Å². The number of ether oxygens (including phenoxy) is 1. The molecule has 0 fully saturated rings. The van der Waals surface area contributed by atoms with Gasteiger partial charge in [-0.3, -0.25) is 0 Å². The van der Waals surface area contributed by atoms with Crippen molar-refractivity contribution in [3.8, 4) is 17.0 Å². The molecule has 0 unspecified atom stereocenters. The highest BCUT2D eigenvalue weighted by atomic mass is 35.5. The standard InChI is InChI=1S/C20H17ClN4OS/c1-2-27-20-23-19-22-12-11-18(25(19)24-20)15-5-9-17(10-6-15)26-13-14-3-7-16(21)8-4-14/h3-12H,2,13H2,1H3. The zero-order chi connectivity index (χ0) is 18.6. The second kappa shape index (κ2) is 7.98. The van der Waals surface area contributed by atoms with E-state index in [9.17, 15) is 0 Å². The smallest absolute Gasteiger partial charge is 0.253 e. The lowest BCUT2D eigenvalue weighted by atomic mass is 10.1. The number of hydrogen-bond acceptors (Lipinski definition) is 5. The van der Waals surface area contributed by atoms with E-state index >= 15 is 0 Å². The molecule has 0 bridgehead atoms. The first kappa shape index (κ1) is 17.8. The Bertz CT molecular complexity index is 1050. The molecule has 2 heterocycles. The number of nitrogens with zero attached hydrogens (tertiary/aromatic N) is 4. The van der Waals surface area contributed by atoms with Gasteiger partial charge in [0.05, 0.1) is 5.69 Å². The monoisotopic (exact) mass is 396 g/mol. The average Bonchev–Trinajstić information content (AvgIpc) is 3.11. The predicted molar refractivity (Wildman–Crippen MR) is 108 cm³/mol. The number of halogens is 1. The van der Waals surface area contributed by atoms with Gasteiger partial charge in [0.1, 0.15) is 12.4 Å². The van der Waals surface area contributed by atoms with Crippen molar-refractivity contribution in [1.29, 1.82) is 0 Å². The molecular weight excluding hydrogens is 380 g/mol. The highest BCUT2D eigenvalue weighted by Gasteiger charge is 2.10. The molecule has 5 nitrogen and oxygen atoms in total. The van der Waals surface area contributed by atoms with Crippen LogP contribution >= 0.6 is 23.4 Å². The zero-order valence-corrected chi connectivity index (χ0v) is 16.2. The summed E-state index contributed by atoms with van der Waals surface area (Å²) in [5.74, 6) is 2.33. The maximum Gasteiger partial charge on any atom is 0.253 e. The molecule has 0 spiro atoms. The Morgan fingerprint density at radius 2 is 1.81 bits per heavy atom. The van der Waals surface area contributed by atoms with Gasteiger partial charge in [0, 0.05) is 16.8 Å². The molecule has 0 saturated heterocycles. The maximum absolute atomic E-state index is 5.91. The number of thioether (sulfide) groups is 1. The van der Waals surface area contributed by atoms with Crippen LogP contribution in [0.3, 0.4) is 0 Å². The number of benzene rings is 2. The Labute approximate surface area is 166 Å². The zero-order valence-electron chi connectivity index (χ0n) is 14.7. The van der Waals surface area contributed by atoms with Gasteiger partial charge < -0.3 is 4.74 Å². The second-order valence-corrected chi connectivity index (χ2v) is 7.48. The normalized spacial score (nSPS) is 11.0. The first-order valence-electron chi connectivity index (χ1n) is 8.55. The summed E-state index contributed by atoms with van der Waals surface area (Å²) in [5.41, 5.74) is 3.04. The third kappa shape index (κ3) is 4.07. The van der Waals surface area contributed by atoms with Crippen LogP contribution < -0.4 is 4.74 Å². The second-order valence-electron chi connectivity index (χ2n) is 5.81. The number of rotatable bonds is 6. The maximum atomic E-state index is 5.91. The molecule has 0 N–H and O–H groups in total. The van der Waals surface area contributed by atoms with Crippen molar-refractivity contribution >= 4 is 29.1 Å². The van der Waals surface area contributed by atoms with Crippen molar-refractivity contribution < 1.29 is 4.74 Å². The summed E-state index contributed by atoms with van der Waals surface area (Å²) < 4.78 is 7.63. The lowest BCUT2D eigenvalue weighted by Gasteiger charge is -2.08. The van der Waals surface area contributed by atoms with E-state index in [0.29, 0.717) is 12.4 Å².